The number of hydrogen-bond donors (Lipinski definition) is 1. The van der Waals surface area contributed by atoms with Crippen LogP contribution in [-0.2, 0) is 0 Å². The van der Waals surface area contributed by atoms with E-state index in [9.17, 15) is 19.2 Å². The molecule has 0 spiro atoms. The summed E-state index contributed by atoms with van der Waals surface area (Å²) in [6.45, 7) is 0. The number of anilines is 1. The van der Waals surface area contributed by atoms with Gasteiger partial charge in [0.15, 0.2) is 11.6 Å². The third-order valence-electron chi connectivity index (χ3n) is 5.37. The highest BCUT2D eigenvalue weighted by molar-refractivity contribution is 6.28. The molecule has 0 radical (unpaired) electrons. The van der Waals surface area contributed by atoms with Gasteiger partial charge in [0.2, 0.25) is 0 Å². The van der Waals surface area contributed by atoms with Crippen LogP contribution in [0.3, 0.4) is 0 Å². The first-order valence-electron chi connectivity index (χ1n) is 9.72. The molecule has 0 saturated heterocycles. The molecular weight excluding hydrogens is 410 g/mol. The number of fused-ring (bicyclic) bond motifs is 3. The first kappa shape index (κ1) is 19.4. The molecule has 1 amide bonds. The zero-order valence-corrected chi connectivity index (χ0v) is 16.8. The lowest BCUT2D eigenvalue weighted by atomic mass is 9.84. The normalized spacial score (nSPS) is 12.3. The Bertz CT molecular complexity index is 1510. The summed E-state index contributed by atoms with van der Waals surface area (Å²) in [5.41, 5.74) is 0.743. The number of rotatable bonds is 3. The van der Waals surface area contributed by atoms with Gasteiger partial charge in [-0.05, 0) is 42.5 Å². The third-order valence-corrected chi connectivity index (χ3v) is 5.37. The van der Waals surface area contributed by atoms with E-state index in [4.69, 9.17) is 9.15 Å². The molecule has 1 aliphatic rings. The fraction of sp³-hybridized carbons (Fsp3) is 0.0400. The number of nitrogens with one attached hydrogen (secondary N) is 1. The quantitative estimate of drug-likeness (QED) is 0.441. The first-order chi connectivity index (χ1) is 15.5. The lowest BCUT2D eigenvalue weighted by Gasteiger charge is -2.18. The minimum absolute atomic E-state index is 0.196. The number of ether oxygens (including phenoxy) is 1. The molecule has 0 unspecified atom stereocenters. The Hall–Kier alpha value is -4.52. The molecule has 1 aromatic heterocycles. The largest absolute Gasteiger partial charge is 0.497 e. The fourth-order valence-corrected chi connectivity index (χ4v) is 3.76. The minimum Gasteiger partial charge on any atom is -0.497 e. The maximum atomic E-state index is 12.9. The van der Waals surface area contributed by atoms with Gasteiger partial charge in [0.1, 0.15) is 16.9 Å². The zero-order chi connectivity index (χ0) is 22.4. The molecule has 32 heavy (non-hydrogen) atoms. The van der Waals surface area contributed by atoms with Crippen molar-refractivity contribution in [2.75, 3.05) is 12.4 Å². The summed E-state index contributed by atoms with van der Waals surface area (Å²) in [6, 6.07) is 17.3. The van der Waals surface area contributed by atoms with Crippen LogP contribution in [0.4, 0.5) is 5.69 Å². The highest BCUT2D eigenvalue weighted by Gasteiger charge is 2.29. The lowest BCUT2D eigenvalue weighted by Crippen LogP contribution is -2.23. The molecule has 0 saturated carbocycles. The van der Waals surface area contributed by atoms with Crippen molar-refractivity contribution in [1.82, 2.24) is 0 Å². The van der Waals surface area contributed by atoms with Gasteiger partial charge in [0.05, 0.1) is 7.11 Å². The predicted molar refractivity (Wildman–Crippen MR) is 117 cm³/mol. The molecule has 7 heteroatoms. The van der Waals surface area contributed by atoms with Crippen LogP contribution in [0.5, 0.6) is 5.75 Å². The smallest absolute Gasteiger partial charge is 0.349 e. The van der Waals surface area contributed by atoms with Crippen LogP contribution >= 0.6 is 0 Å². The van der Waals surface area contributed by atoms with Crippen molar-refractivity contribution in [2.24, 2.45) is 0 Å². The van der Waals surface area contributed by atoms with Gasteiger partial charge in [-0.2, -0.15) is 0 Å². The van der Waals surface area contributed by atoms with E-state index in [0.29, 0.717) is 27.8 Å². The van der Waals surface area contributed by atoms with Gasteiger partial charge in [-0.1, -0.05) is 24.3 Å². The standard InChI is InChI=1S/C25H15NO6/c1-31-15-7-9-21-13(10-15)11-20(25(30)32-21)24(29)26-14-6-8-18-19(12-14)23(28)17-5-3-2-4-16(17)22(18)27/h2-12H,1H3,(H,26,29). The summed E-state index contributed by atoms with van der Waals surface area (Å²) < 4.78 is 10.4. The molecule has 0 fully saturated rings. The Morgan fingerprint density at radius 3 is 2.22 bits per heavy atom. The number of benzene rings is 3. The van der Waals surface area contributed by atoms with Gasteiger partial charge in [0, 0.05) is 33.3 Å². The lowest BCUT2D eigenvalue weighted by molar-refractivity contribution is 0.0979. The Morgan fingerprint density at radius 2 is 1.50 bits per heavy atom. The van der Waals surface area contributed by atoms with Crippen LogP contribution in [0, 0.1) is 0 Å². The van der Waals surface area contributed by atoms with Crippen molar-refractivity contribution in [1.29, 1.82) is 0 Å². The van der Waals surface area contributed by atoms with Gasteiger partial charge in [0.25, 0.3) is 5.91 Å². The molecule has 0 bridgehead atoms. The monoisotopic (exact) mass is 425 g/mol. The molecule has 0 aliphatic heterocycles. The summed E-state index contributed by atoms with van der Waals surface area (Å²) in [4.78, 5) is 50.7. The topological polar surface area (TPSA) is 103 Å². The van der Waals surface area contributed by atoms with Gasteiger partial charge in [-0.3, -0.25) is 14.4 Å². The van der Waals surface area contributed by atoms with Gasteiger partial charge in [-0.25, -0.2) is 4.79 Å². The number of amides is 1. The molecule has 7 nitrogen and oxygen atoms in total. The van der Waals surface area contributed by atoms with Crippen molar-refractivity contribution in [3.05, 3.63) is 105 Å². The summed E-state index contributed by atoms with van der Waals surface area (Å²) in [6.07, 6.45) is 0. The second-order valence-corrected chi connectivity index (χ2v) is 7.27. The molecular formula is C25H15NO6. The average Bonchev–Trinajstić information content (AvgIpc) is 2.81. The van der Waals surface area contributed by atoms with Crippen LogP contribution < -0.4 is 15.7 Å². The average molecular weight is 425 g/mol. The Morgan fingerprint density at radius 1 is 0.812 bits per heavy atom. The zero-order valence-electron chi connectivity index (χ0n) is 16.8. The first-order valence-corrected chi connectivity index (χ1v) is 9.72. The summed E-state index contributed by atoms with van der Waals surface area (Å²) >= 11 is 0. The van der Waals surface area contributed by atoms with Gasteiger partial charge >= 0.3 is 5.63 Å². The molecule has 1 N–H and O–H groups in total. The highest BCUT2D eigenvalue weighted by Crippen LogP contribution is 2.29. The maximum Gasteiger partial charge on any atom is 0.349 e. The van der Waals surface area contributed by atoms with Crippen LogP contribution in [0.15, 0.2) is 75.9 Å². The van der Waals surface area contributed by atoms with Crippen LogP contribution in [0.1, 0.15) is 42.2 Å². The Balaban J connectivity index is 1.49. The Labute approximate surface area is 181 Å². The summed E-state index contributed by atoms with van der Waals surface area (Å²) in [5.74, 6) is -0.699. The highest BCUT2D eigenvalue weighted by atomic mass is 16.5. The van der Waals surface area contributed by atoms with E-state index in [2.05, 4.69) is 5.32 Å². The minimum atomic E-state index is -0.793. The van der Waals surface area contributed by atoms with E-state index in [1.54, 1.807) is 42.5 Å². The molecule has 3 aromatic carbocycles. The van der Waals surface area contributed by atoms with Gasteiger partial charge in [-0.15, -0.1) is 0 Å². The second kappa shape index (κ2) is 7.31. The van der Waals surface area contributed by atoms with Crippen LogP contribution in [0.2, 0.25) is 0 Å². The van der Waals surface area contributed by atoms with E-state index >= 15 is 0 Å². The number of methoxy groups -OCH3 is 1. The fourth-order valence-electron chi connectivity index (χ4n) is 3.76. The van der Waals surface area contributed by atoms with Gasteiger partial charge < -0.3 is 14.5 Å². The maximum absolute atomic E-state index is 12.9. The molecule has 5 rings (SSSR count). The van der Waals surface area contributed by atoms with E-state index in [-0.39, 0.29) is 33.9 Å². The van der Waals surface area contributed by atoms with Crippen molar-refractivity contribution in [3.63, 3.8) is 0 Å². The second-order valence-electron chi connectivity index (χ2n) is 7.27. The van der Waals surface area contributed by atoms with E-state index in [0.717, 1.165) is 0 Å². The van der Waals surface area contributed by atoms with Crippen molar-refractivity contribution in [3.8, 4) is 5.75 Å². The van der Waals surface area contributed by atoms with Crippen molar-refractivity contribution < 1.29 is 23.5 Å². The Kier molecular flexibility index (Phi) is 4.44. The van der Waals surface area contributed by atoms with Crippen molar-refractivity contribution >= 4 is 34.1 Å². The molecule has 4 aromatic rings. The van der Waals surface area contributed by atoms with E-state index in [1.807, 2.05) is 0 Å². The molecule has 1 heterocycles. The van der Waals surface area contributed by atoms with Crippen LogP contribution in [-0.4, -0.2) is 24.6 Å². The SMILES string of the molecule is COc1ccc2oc(=O)c(C(=O)Nc3ccc4c(c3)C(=O)c3ccccc3C4=O)cc2c1. The van der Waals surface area contributed by atoms with Crippen molar-refractivity contribution in [2.45, 2.75) is 0 Å². The predicted octanol–water partition coefficient (Wildman–Crippen LogP) is 3.83. The third kappa shape index (κ3) is 3.07. The van der Waals surface area contributed by atoms with E-state index < -0.39 is 11.5 Å². The number of carbonyl (C=O) groups excluding carboxylic acids is 3. The van der Waals surface area contributed by atoms with Crippen LogP contribution in [0.25, 0.3) is 11.0 Å². The summed E-state index contributed by atoms with van der Waals surface area (Å²) in [5, 5.41) is 3.13. The molecule has 0 atom stereocenters. The molecule has 1 aliphatic carbocycles. The summed E-state index contributed by atoms with van der Waals surface area (Å²) in [7, 11) is 1.51. The molecule has 156 valence electrons. The number of ketones is 2. The number of hydrogen-bond acceptors (Lipinski definition) is 6. The number of carbonyl (C=O) groups is 3. The van der Waals surface area contributed by atoms with E-state index in [1.165, 1.54) is 31.4 Å².